The van der Waals surface area contributed by atoms with E-state index in [1.807, 2.05) is 6.08 Å². The molecule has 0 heteroatoms. The smallest absolute Gasteiger partial charge is 0.00266 e. The monoisotopic (exact) mass is 254 g/mol. The van der Waals surface area contributed by atoms with Crippen LogP contribution in [0.2, 0.25) is 0 Å². The molecule has 0 fully saturated rings. The van der Waals surface area contributed by atoms with Gasteiger partial charge < -0.3 is 0 Å². The maximum absolute atomic E-state index is 4.34. The highest BCUT2D eigenvalue weighted by Gasteiger charge is 2.09. The minimum Gasteiger partial charge on any atom is -0.0984 e. The molecule has 0 saturated carbocycles. The lowest BCUT2D eigenvalue weighted by molar-refractivity contribution is 1.71. The van der Waals surface area contributed by atoms with Gasteiger partial charge in [0.15, 0.2) is 0 Å². The zero-order chi connectivity index (χ0) is 13.7. The summed E-state index contributed by atoms with van der Waals surface area (Å²) in [6.07, 6.45) is 1.91. The van der Waals surface area contributed by atoms with Gasteiger partial charge in [-0.1, -0.05) is 73.8 Å². The third kappa shape index (κ3) is 1.31. The molecule has 20 heavy (non-hydrogen) atoms. The summed E-state index contributed by atoms with van der Waals surface area (Å²) in [5.74, 6) is 0. The van der Waals surface area contributed by atoms with Gasteiger partial charge in [0.1, 0.15) is 0 Å². The summed E-state index contributed by atoms with van der Waals surface area (Å²) in [5.41, 5.74) is 1.15. The molecule has 0 spiro atoms. The van der Waals surface area contributed by atoms with Crippen molar-refractivity contribution in [3.8, 4) is 0 Å². The van der Waals surface area contributed by atoms with E-state index in [9.17, 15) is 0 Å². The van der Waals surface area contributed by atoms with Crippen molar-refractivity contribution in [2.45, 2.75) is 0 Å². The summed E-state index contributed by atoms with van der Waals surface area (Å²) in [4.78, 5) is 0. The number of hydrogen-bond donors (Lipinski definition) is 0. The van der Waals surface area contributed by atoms with Crippen LogP contribution < -0.4 is 5.22 Å². The molecule has 0 aliphatic rings. The highest BCUT2D eigenvalue weighted by Crippen LogP contribution is 2.31. The van der Waals surface area contributed by atoms with E-state index in [4.69, 9.17) is 0 Å². The Labute approximate surface area is 117 Å². The van der Waals surface area contributed by atoms with E-state index < -0.39 is 0 Å². The molecular weight excluding hydrogens is 240 g/mol. The van der Waals surface area contributed by atoms with Crippen LogP contribution in [0.4, 0.5) is 0 Å². The Morgan fingerprint density at radius 3 is 2.00 bits per heavy atom. The molecule has 0 unspecified atom stereocenters. The molecule has 0 saturated heterocycles. The van der Waals surface area contributed by atoms with E-state index in [2.05, 4.69) is 67.8 Å². The van der Waals surface area contributed by atoms with Crippen LogP contribution >= 0.6 is 0 Å². The second-order valence-electron chi connectivity index (χ2n) is 5.16. The van der Waals surface area contributed by atoms with E-state index in [-0.39, 0.29) is 0 Å². The fourth-order valence-corrected chi connectivity index (χ4v) is 3.25. The van der Waals surface area contributed by atoms with Crippen molar-refractivity contribution in [2.75, 3.05) is 0 Å². The van der Waals surface area contributed by atoms with Gasteiger partial charge in [-0.15, -0.1) is 0 Å². The summed E-state index contributed by atoms with van der Waals surface area (Å²) < 4.78 is 0. The van der Waals surface area contributed by atoms with Crippen LogP contribution in [0.5, 0.6) is 0 Å². The van der Waals surface area contributed by atoms with Gasteiger partial charge in [0.05, 0.1) is 0 Å². The van der Waals surface area contributed by atoms with Crippen LogP contribution in [0.3, 0.4) is 0 Å². The Hall–Kier alpha value is -2.60. The van der Waals surface area contributed by atoms with Gasteiger partial charge in [-0.25, -0.2) is 0 Å². The maximum atomic E-state index is 4.34. The van der Waals surface area contributed by atoms with Crippen LogP contribution in [0.1, 0.15) is 5.56 Å². The lowest BCUT2D eigenvalue weighted by Crippen LogP contribution is -2.04. The van der Waals surface area contributed by atoms with E-state index >= 15 is 0 Å². The van der Waals surface area contributed by atoms with Crippen molar-refractivity contribution in [3.05, 3.63) is 72.0 Å². The third-order valence-corrected chi connectivity index (χ3v) is 4.14. The number of rotatable bonds is 1. The maximum Gasteiger partial charge on any atom is -0.00266 e. The molecule has 0 radical (unpaired) electrons. The van der Waals surface area contributed by atoms with Gasteiger partial charge in [-0.05, 0) is 43.1 Å². The SMILES string of the molecule is C=Cc1cccc2c1c(=C)c1cccc3cccc2c31. The van der Waals surface area contributed by atoms with Crippen molar-refractivity contribution >= 4 is 45.0 Å². The first kappa shape index (κ1) is 11.2. The molecule has 0 atom stereocenters. The average Bonchev–Trinajstić information content (AvgIpc) is 2.51. The highest BCUT2D eigenvalue weighted by atomic mass is 14.1. The Balaban J connectivity index is 2.49. The molecule has 0 aliphatic heterocycles. The second-order valence-corrected chi connectivity index (χ2v) is 5.16. The molecule has 0 amide bonds. The number of fused-ring (bicyclic) bond motifs is 2. The van der Waals surface area contributed by atoms with Crippen LogP contribution in [0.25, 0.3) is 45.0 Å². The van der Waals surface area contributed by atoms with Gasteiger partial charge in [0.2, 0.25) is 0 Å². The van der Waals surface area contributed by atoms with Crippen molar-refractivity contribution < 1.29 is 0 Å². The fraction of sp³-hybridized carbons (Fsp3) is 0. The van der Waals surface area contributed by atoms with Crippen molar-refractivity contribution in [1.29, 1.82) is 0 Å². The average molecular weight is 254 g/mol. The highest BCUT2D eigenvalue weighted by molar-refractivity contribution is 6.22. The number of hydrogen-bond acceptors (Lipinski definition) is 0. The Kier molecular flexibility index (Phi) is 2.22. The predicted octanol–water partition coefficient (Wildman–Crippen LogP) is 4.92. The van der Waals surface area contributed by atoms with Crippen molar-refractivity contribution in [3.63, 3.8) is 0 Å². The van der Waals surface area contributed by atoms with Crippen LogP contribution in [-0.2, 0) is 0 Å². The Bertz CT molecular complexity index is 1020. The molecular formula is C20H14. The fourth-order valence-electron chi connectivity index (χ4n) is 3.25. The largest absolute Gasteiger partial charge is 0.0984 e. The van der Waals surface area contributed by atoms with Gasteiger partial charge in [0.25, 0.3) is 0 Å². The van der Waals surface area contributed by atoms with E-state index in [1.165, 1.54) is 32.3 Å². The van der Waals surface area contributed by atoms with Crippen molar-refractivity contribution in [1.82, 2.24) is 0 Å². The van der Waals surface area contributed by atoms with Crippen molar-refractivity contribution in [2.24, 2.45) is 0 Å². The molecule has 4 aromatic rings. The summed E-state index contributed by atoms with van der Waals surface area (Å²) >= 11 is 0. The van der Waals surface area contributed by atoms with Gasteiger partial charge in [-0.2, -0.15) is 0 Å². The zero-order valence-corrected chi connectivity index (χ0v) is 11.2. The lowest BCUT2D eigenvalue weighted by atomic mass is 9.91. The quantitative estimate of drug-likeness (QED) is 0.334. The molecule has 0 bridgehead atoms. The first-order chi connectivity index (χ1) is 9.81. The molecule has 0 aromatic heterocycles. The molecule has 4 rings (SSSR count). The molecule has 94 valence electrons. The minimum atomic E-state index is 1.10. The summed E-state index contributed by atoms with van der Waals surface area (Å²) in [6.45, 7) is 8.28. The van der Waals surface area contributed by atoms with E-state index in [1.54, 1.807) is 0 Å². The molecule has 0 aliphatic carbocycles. The van der Waals surface area contributed by atoms with Gasteiger partial charge in [0, 0.05) is 0 Å². The Morgan fingerprint density at radius 2 is 1.30 bits per heavy atom. The molecule has 0 nitrogen and oxygen atoms in total. The molecule has 0 heterocycles. The van der Waals surface area contributed by atoms with Crippen LogP contribution in [0, 0.1) is 0 Å². The van der Waals surface area contributed by atoms with Crippen LogP contribution in [-0.4, -0.2) is 0 Å². The second kappa shape index (κ2) is 3.94. The van der Waals surface area contributed by atoms with E-state index in [0.717, 1.165) is 10.8 Å². The normalized spacial score (nSPS) is 11.4. The molecule has 0 N–H and O–H groups in total. The zero-order valence-electron chi connectivity index (χ0n) is 11.2. The first-order valence-electron chi connectivity index (χ1n) is 6.78. The lowest BCUT2D eigenvalue weighted by Gasteiger charge is -2.12. The number of benzene rings is 4. The standard InChI is InChI=1S/C20H14/c1-3-14-7-4-11-17-18-12-6-9-15-8-5-10-16(20(15)18)13(2)19(14)17/h3-12H,1-2H2. The summed E-state index contributed by atoms with van der Waals surface area (Å²) in [6, 6.07) is 19.3. The molecule has 4 aromatic carbocycles. The predicted molar refractivity (Wildman–Crippen MR) is 89.8 cm³/mol. The Morgan fingerprint density at radius 1 is 0.700 bits per heavy atom. The topological polar surface area (TPSA) is 0 Å². The minimum absolute atomic E-state index is 1.10. The summed E-state index contributed by atoms with van der Waals surface area (Å²) in [5, 5.41) is 8.69. The van der Waals surface area contributed by atoms with E-state index in [0.29, 0.717) is 0 Å². The van der Waals surface area contributed by atoms with Gasteiger partial charge >= 0.3 is 0 Å². The summed E-state index contributed by atoms with van der Waals surface area (Å²) in [7, 11) is 0. The van der Waals surface area contributed by atoms with Gasteiger partial charge in [-0.3, -0.25) is 0 Å². The first-order valence-corrected chi connectivity index (χ1v) is 6.78. The third-order valence-electron chi connectivity index (χ3n) is 4.14. The van der Waals surface area contributed by atoms with Crippen LogP contribution in [0.15, 0.2) is 61.2 Å².